The minimum atomic E-state index is -0.624. The SMILES string of the molecule is CCCN1CCCC2(CCCN2C(=O)c2cc(C)nn2CC)C1=O. The van der Waals surface area contributed by atoms with Crippen molar-refractivity contribution in [2.24, 2.45) is 0 Å². The van der Waals surface area contributed by atoms with Gasteiger partial charge in [-0.25, -0.2) is 0 Å². The van der Waals surface area contributed by atoms with Gasteiger partial charge in [-0.15, -0.1) is 0 Å². The molecule has 3 rings (SSSR count). The molecule has 1 aromatic rings. The molecule has 2 fully saturated rings. The van der Waals surface area contributed by atoms with Crippen LogP contribution in [0.3, 0.4) is 0 Å². The maximum Gasteiger partial charge on any atom is 0.273 e. The molecule has 6 heteroatoms. The summed E-state index contributed by atoms with van der Waals surface area (Å²) in [7, 11) is 0. The highest BCUT2D eigenvalue weighted by atomic mass is 16.2. The van der Waals surface area contributed by atoms with Crippen LogP contribution in [0.4, 0.5) is 0 Å². The van der Waals surface area contributed by atoms with Crippen molar-refractivity contribution in [2.45, 2.75) is 65.0 Å². The van der Waals surface area contributed by atoms with Crippen LogP contribution in [-0.2, 0) is 11.3 Å². The van der Waals surface area contributed by atoms with E-state index in [-0.39, 0.29) is 11.8 Å². The van der Waals surface area contributed by atoms with Gasteiger partial charge in [0, 0.05) is 26.2 Å². The van der Waals surface area contributed by atoms with Gasteiger partial charge >= 0.3 is 0 Å². The lowest BCUT2D eigenvalue weighted by Gasteiger charge is -2.44. The first kappa shape index (κ1) is 17.0. The summed E-state index contributed by atoms with van der Waals surface area (Å²) in [5.41, 5.74) is 0.828. The maximum atomic E-state index is 13.2. The fraction of sp³-hybridized carbons (Fsp3) is 0.722. The Morgan fingerprint density at radius 2 is 1.96 bits per heavy atom. The molecule has 1 spiro atoms. The standard InChI is InChI=1S/C18H28N4O2/c1-4-10-20-11-6-8-18(17(20)24)9-7-12-21(18)16(23)15-13-14(3)19-22(15)5-2/h13H,4-12H2,1-3H3. The predicted octanol–water partition coefficient (Wildman–Crippen LogP) is 2.22. The van der Waals surface area contributed by atoms with E-state index in [1.165, 1.54) is 0 Å². The molecular formula is C18H28N4O2. The molecule has 0 saturated carbocycles. The Balaban J connectivity index is 1.92. The molecule has 132 valence electrons. The topological polar surface area (TPSA) is 58.4 Å². The third kappa shape index (κ3) is 2.62. The van der Waals surface area contributed by atoms with Crippen LogP contribution >= 0.6 is 0 Å². The Morgan fingerprint density at radius 1 is 1.25 bits per heavy atom. The Morgan fingerprint density at radius 3 is 2.62 bits per heavy atom. The molecule has 3 heterocycles. The molecular weight excluding hydrogens is 304 g/mol. The summed E-state index contributed by atoms with van der Waals surface area (Å²) in [4.78, 5) is 30.2. The molecule has 2 saturated heterocycles. The molecule has 1 atom stereocenters. The lowest BCUT2D eigenvalue weighted by atomic mass is 9.85. The van der Waals surface area contributed by atoms with Crippen molar-refractivity contribution < 1.29 is 9.59 Å². The van der Waals surface area contributed by atoms with Crippen LogP contribution in [0, 0.1) is 6.92 Å². The molecule has 2 amide bonds. The van der Waals surface area contributed by atoms with E-state index in [9.17, 15) is 9.59 Å². The van der Waals surface area contributed by atoms with Crippen molar-refractivity contribution in [3.8, 4) is 0 Å². The minimum absolute atomic E-state index is 0.0401. The molecule has 0 bridgehead atoms. The number of aryl methyl sites for hydroxylation is 2. The number of hydrogen-bond acceptors (Lipinski definition) is 3. The fourth-order valence-corrected chi connectivity index (χ4v) is 4.30. The number of carbonyl (C=O) groups is 2. The van der Waals surface area contributed by atoms with Crippen molar-refractivity contribution in [3.05, 3.63) is 17.5 Å². The van der Waals surface area contributed by atoms with E-state index >= 15 is 0 Å². The van der Waals surface area contributed by atoms with Crippen LogP contribution in [0.15, 0.2) is 6.07 Å². The highest BCUT2D eigenvalue weighted by molar-refractivity contribution is 5.99. The van der Waals surface area contributed by atoms with Crippen LogP contribution in [0.2, 0.25) is 0 Å². The van der Waals surface area contributed by atoms with Crippen LogP contribution < -0.4 is 0 Å². The number of hydrogen-bond donors (Lipinski definition) is 0. The molecule has 2 aliphatic heterocycles. The Kier molecular flexibility index (Phi) is 4.65. The van der Waals surface area contributed by atoms with Crippen LogP contribution in [0.25, 0.3) is 0 Å². The van der Waals surface area contributed by atoms with Crippen LogP contribution in [0.1, 0.15) is 62.1 Å². The number of aromatic nitrogens is 2. The minimum Gasteiger partial charge on any atom is -0.341 e. The normalized spacial score (nSPS) is 24.2. The van der Waals surface area contributed by atoms with Gasteiger partial charge in [0.25, 0.3) is 5.91 Å². The second-order valence-corrected chi connectivity index (χ2v) is 6.97. The van der Waals surface area contributed by atoms with Gasteiger partial charge in [0.2, 0.25) is 5.91 Å². The molecule has 0 aromatic carbocycles. The third-order valence-corrected chi connectivity index (χ3v) is 5.35. The quantitative estimate of drug-likeness (QED) is 0.849. The number of nitrogens with zero attached hydrogens (tertiary/aromatic N) is 4. The second kappa shape index (κ2) is 6.57. The molecule has 2 aliphatic rings. The smallest absolute Gasteiger partial charge is 0.273 e. The van der Waals surface area contributed by atoms with E-state index in [0.29, 0.717) is 18.8 Å². The summed E-state index contributed by atoms with van der Waals surface area (Å²) in [6.45, 7) is 8.91. The fourth-order valence-electron chi connectivity index (χ4n) is 4.30. The Bertz CT molecular complexity index is 637. The number of likely N-dealkylation sites (tertiary alicyclic amines) is 2. The van der Waals surface area contributed by atoms with Crippen LogP contribution in [-0.4, -0.2) is 56.6 Å². The van der Waals surface area contributed by atoms with Gasteiger partial charge in [-0.2, -0.15) is 5.10 Å². The van der Waals surface area contributed by atoms with Gasteiger partial charge in [0.15, 0.2) is 0 Å². The van der Waals surface area contributed by atoms with Crippen molar-refractivity contribution >= 4 is 11.8 Å². The van der Waals surface area contributed by atoms with E-state index in [4.69, 9.17) is 0 Å². The first-order chi connectivity index (χ1) is 11.5. The predicted molar refractivity (Wildman–Crippen MR) is 91.7 cm³/mol. The van der Waals surface area contributed by atoms with Gasteiger partial charge in [0.1, 0.15) is 11.2 Å². The summed E-state index contributed by atoms with van der Waals surface area (Å²) >= 11 is 0. The summed E-state index contributed by atoms with van der Waals surface area (Å²) in [5, 5.41) is 4.39. The number of carbonyl (C=O) groups excluding carboxylic acids is 2. The zero-order valence-electron chi connectivity index (χ0n) is 15.0. The second-order valence-electron chi connectivity index (χ2n) is 6.97. The van der Waals surface area contributed by atoms with E-state index in [2.05, 4.69) is 12.0 Å². The first-order valence-corrected chi connectivity index (χ1v) is 9.19. The highest BCUT2D eigenvalue weighted by Gasteiger charge is 2.53. The van der Waals surface area contributed by atoms with E-state index in [1.54, 1.807) is 4.68 Å². The molecule has 0 radical (unpaired) electrons. The lowest BCUT2D eigenvalue weighted by molar-refractivity contribution is -0.145. The van der Waals surface area contributed by atoms with E-state index in [1.807, 2.05) is 29.7 Å². The summed E-state index contributed by atoms with van der Waals surface area (Å²) in [6.07, 6.45) is 4.41. The number of piperidine rings is 1. The average Bonchev–Trinajstić information content (AvgIpc) is 3.15. The van der Waals surface area contributed by atoms with Crippen molar-refractivity contribution in [2.75, 3.05) is 19.6 Å². The van der Waals surface area contributed by atoms with Crippen molar-refractivity contribution in [1.29, 1.82) is 0 Å². The zero-order valence-corrected chi connectivity index (χ0v) is 15.0. The van der Waals surface area contributed by atoms with E-state index in [0.717, 1.165) is 50.9 Å². The van der Waals surface area contributed by atoms with Gasteiger partial charge in [-0.1, -0.05) is 6.92 Å². The molecule has 1 unspecified atom stereocenters. The van der Waals surface area contributed by atoms with Crippen LogP contribution in [0.5, 0.6) is 0 Å². The monoisotopic (exact) mass is 332 g/mol. The highest BCUT2D eigenvalue weighted by Crippen LogP contribution is 2.39. The molecule has 0 aliphatic carbocycles. The lowest BCUT2D eigenvalue weighted by Crippen LogP contribution is -2.61. The molecule has 6 nitrogen and oxygen atoms in total. The van der Waals surface area contributed by atoms with Gasteiger partial charge in [0.05, 0.1) is 5.69 Å². The Hall–Kier alpha value is -1.85. The summed E-state index contributed by atoms with van der Waals surface area (Å²) in [5.74, 6) is 0.113. The average molecular weight is 332 g/mol. The summed E-state index contributed by atoms with van der Waals surface area (Å²) in [6, 6.07) is 1.84. The molecule has 24 heavy (non-hydrogen) atoms. The molecule has 0 N–H and O–H groups in total. The number of amides is 2. The van der Waals surface area contributed by atoms with Gasteiger partial charge < -0.3 is 9.80 Å². The summed E-state index contributed by atoms with van der Waals surface area (Å²) < 4.78 is 1.75. The Labute approximate surface area is 143 Å². The van der Waals surface area contributed by atoms with Gasteiger partial charge in [-0.05, 0) is 52.0 Å². The number of rotatable bonds is 4. The third-order valence-electron chi connectivity index (χ3n) is 5.35. The maximum absolute atomic E-state index is 13.2. The largest absolute Gasteiger partial charge is 0.341 e. The zero-order chi connectivity index (χ0) is 17.3. The van der Waals surface area contributed by atoms with Crippen molar-refractivity contribution in [3.63, 3.8) is 0 Å². The van der Waals surface area contributed by atoms with Gasteiger partial charge in [-0.3, -0.25) is 14.3 Å². The van der Waals surface area contributed by atoms with E-state index < -0.39 is 5.54 Å². The first-order valence-electron chi connectivity index (χ1n) is 9.19. The van der Waals surface area contributed by atoms with Crippen molar-refractivity contribution in [1.82, 2.24) is 19.6 Å². The molecule has 1 aromatic heterocycles.